The van der Waals surface area contributed by atoms with Crippen LogP contribution in [0.4, 0.5) is 22.4 Å². The SMILES string of the molecule is O=C1N[C@]2(CO1)C[C@H](C(=O)N1CCC3(CC1)CC(c1nc(C(F)(F)F)ccc1F)C3)C2. The average molecular weight is 441 g/mol. The van der Waals surface area contributed by atoms with Crippen molar-refractivity contribution in [2.24, 2.45) is 11.3 Å². The van der Waals surface area contributed by atoms with Crippen LogP contribution < -0.4 is 5.32 Å². The first kappa shape index (κ1) is 20.5. The minimum absolute atomic E-state index is 0.0576. The minimum atomic E-state index is -4.59. The van der Waals surface area contributed by atoms with Gasteiger partial charge in [-0.2, -0.15) is 13.2 Å². The number of alkyl carbamates (subject to hydrolysis) is 1. The van der Waals surface area contributed by atoms with Crippen LogP contribution in [0.2, 0.25) is 0 Å². The van der Waals surface area contributed by atoms with Gasteiger partial charge in [0.25, 0.3) is 0 Å². The summed E-state index contributed by atoms with van der Waals surface area (Å²) < 4.78 is 57.8. The van der Waals surface area contributed by atoms with Crippen molar-refractivity contribution in [3.63, 3.8) is 0 Å². The van der Waals surface area contributed by atoms with Crippen LogP contribution in [0.1, 0.15) is 55.8 Å². The molecule has 168 valence electrons. The number of rotatable bonds is 2. The van der Waals surface area contributed by atoms with E-state index in [4.69, 9.17) is 4.74 Å². The van der Waals surface area contributed by atoms with Crippen molar-refractivity contribution < 1.29 is 31.9 Å². The largest absolute Gasteiger partial charge is 0.447 e. The van der Waals surface area contributed by atoms with E-state index in [1.807, 2.05) is 4.90 Å². The predicted molar refractivity (Wildman–Crippen MR) is 99.4 cm³/mol. The predicted octanol–water partition coefficient (Wildman–Crippen LogP) is 3.61. The van der Waals surface area contributed by atoms with Crippen LogP contribution in [0.15, 0.2) is 12.1 Å². The summed E-state index contributed by atoms with van der Waals surface area (Å²) >= 11 is 0. The van der Waals surface area contributed by atoms with Crippen molar-refractivity contribution in [3.8, 4) is 0 Å². The number of piperidine rings is 1. The van der Waals surface area contributed by atoms with Gasteiger partial charge in [0.2, 0.25) is 5.91 Å². The number of amides is 2. The van der Waals surface area contributed by atoms with Crippen molar-refractivity contribution in [2.75, 3.05) is 19.7 Å². The first-order chi connectivity index (χ1) is 14.6. The molecule has 4 fully saturated rings. The molecule has 5 rings (SSSR count). The van der Waals surface area contributed by atoms with E-state index < -0.39 is 29.3 Å². The molecule has 0 bridgehead atoms. The summed E-state index contributed by atoms with van der Waals surface area (Å²) in [6.45, 7) is 1.49. The van der Waals surface area contributed by atoms with E-state index in [-0.39, 0.29) is 28.9 Å². The maximum atomic E-state index is 14.1. The summed E-state index contributed by atoms with van der Waals surface area (Å²) in [5, 5.41) is 2.79. The number of halogens is 4. The second-order valence-electron chi connectivity index (χ2n) is 9.58. The van der Waals surface area contributed by atoms with Gasteiger partial charge in [0.1, 0.15) is 18.1 Å². The molecular formula is C21H23F4N3O3. The van der Waals surface area contributed by atoms with Gasteiger partial charge < -0.3 is 15.0 Å². The third kappa shape index (κ3) is 3.53. The van der Waals surface area contributed by atoms with Crippen molar-refractivity contribution in [1.29, 1.82) is 0 Å². The average Bonchev–Trinajstić information content (AvgIpc) is 3.06. The lowest BCUT2D eigenvalue weighted by Gasteiger charge is -2.53. The van der Waals surface area contributed by atoms with Crippen molar-refractivity contribution in [3.05, 3.63) is 29.3 Å². The summed E-state index contributed by atoms with van der Waals surface area (Å²) in [5.74, 6) is -1.04. The zero-order chi connectivity index (χ0) is 22.0. The first-order valence-corrected chi connectivity index (χ1v) is 10.6. The Kier molecular flexibility index (Phi) is 4.50. The zero-order valence-corrected chi connectivity index (χ0v) is 16.8. The molecular weight excluding hydrogens is 418 g/mol. The van der Waals surface area contributed by atoms with Crippen LogP contribution >= 0.6 is 0 Å². The van der Waals surface area contributed by atoms with Crippen LogP contribution in [0.5, 0.6) is 0 Å². The van der Waals surface area contributed by atoms with Crippen LogP contribution in [-0.2, 0) is 15.7 Å². The van der Waals surface area contributed by atoms with Crippen LogP contribution in [0.25, 0.3) is 0 Å². The normalized spacial score (nSPS) is 25.2. The monoisotopic (exact) mass is 441 g/mol. The molecule has 0 unspecified atom stereocenters. The van der Waals surface area contributed by atoms with Crippen LogP contribution in [-0.4, -0.2) is 47.1 Å². The Bertz CT molecular complexity index is 913. The molecule has 1 N–H and O–H groups in total. The first-order valence-electron chi connectivity index (χ1n) is 10.6. The molecule has 2 aliphatic carbocycles. The number of carbonyl (C=O) groups is 2. The van der Waals surface area contributed by atoms with Crippen molar-refractivity contribution >= 4 is 12.0 Å². The Labute approximate surface area is 176 Å². The maximum Gasteiger partial charge on any atom is 0.433 e. The summed E-state index contributed by atoms with van der Waals surface area (Å²) in [6.07, 6.45) is -1.16. The molecule has 0 atom stereocenters. The van der Waals surface area contributed by atoms with Gasteiger partial charge >= 0.3 is 12.3 Å². The fourth-order valence-electron chi connectivity index (χ4n) is 5.72. The number of nitrogens with zero attached hydrogens (tertiary/aromatic N) is 2. The van der Waals surface area contributed by atoms with Gasteiger partial charge in [0.15, 0.2) is 0 Å². The maximum absolute atomic E-state index is 14.1. The number of carbonyl (C=O) groups excluding carboxylic acids is 2. The fraction of sp³-hybridized carbons (Fsp3) is 0.667. The Hall–Kier alpha value is -2.39. The van der Waals surface area contributed by atoms with E-state index in [0.29, 0.717) is 51.4 Å². The van der Waals surface area contributed by atoms with Gasteiger partial charge in [0.05, 0.1) is 11.2 Å². The molecule has 2 amide bonds. The van der Waals surface area contributed by atoms with E-state index in [0.717, 1.165) is 18.9 Å². The molecule has 31 heavy (non-hydrogen) atoms. The Morgan fingerprint density at radius 3 is 2.42 bits per heavy atom. The molecule has 0 radical (unpaired) electrons. The standard InChI is InChI=1S/C21H23F4N3O3/c22-14-1-2-15(21(23,24)25)26-16(14)12-7-19(8-12)3-5-28(6-4-19)17(29)13-9-20(10-13)11-31-18(30)27-20/h1-2,12-13H,3-11H2,(H,27,30)/t13-,20+. The zero-order valence-electron chi connectivity index (χ0n) is 16.8. The smallest absolute Gasteiger partial charge is 0.433 e. The second-order valence-corrected chi connectivity index (χ2v) is 9.58. The highest BCUT2D eigenvalue weighted by atomic mass is 19.4. The molecule has 4 aliphatic rings. The number of aromatic nitrogens is 1. The summed E-state index contributed by atoms with van der Waals surface area (Å²) in [7, 11) is 0. The second kappa shape index (κ2) is 6.80. The van der Waals surface area contributed by atoms with E-state index in [9.17, 15) is 27.2 Å². The Morgan fingerprint density at radius 2 is 1.84 bits per heavy atom. The molecule has 3 heterocycles. The summed E-state index contributed by atoms with van der Waals surface area (Å²) in [5.41, 5.74) is -1.61. The van der Waals surface area contributed by atoms with Crippen LogP contribution in [0, 0.1) is 17.2 Å². The van der Waals surface area contributed by atoms with E-state index in [1.165, 1.54) is 0 Å². The third-order valence-corrected chi connectivity index (χ3v) is 7.52. The minimum Gasteiger partial charge on any atom is -0.447 e. The van der Waals surface area contributed by atoms with Crippen molar-refractivity contribution in [2.45, 2.75) is 56.2 Å². The number of likely N-dealkylation sites (tertiary alicyclic amines) is 1. The number of alkyl halides is 3. The number of hydrogen-bond acceptors (Lipinski definition) is 4. The molecule has 6 nitrogen and oxygen atoms in total. The lowest BCUT2D eigenvalue weighted by molar-refractivity contribution is -0.144. The van der Waals surface area contributed by atoms with Gasteiger partial charge in [-0.25, -0.2) is 14.2 Å². The molecule has 10 heteroatoms. The van der Waals surface area contributed by atoms with Gasteiger partial charge in [-0.1, -0.05) is 0 Å². The quantitative estimate of drug-likeness (QED) is 0.712. The highest BCUT2D eigenvalue weighted by Crippen LogP contribution is 2.57. The highest BCUT2D eigenvalue weighted by molar-refractivity contribution is 5.81. The fourth-order valence-corrected chi connectivity index (χ4v) is 5.72. The third-order valence-electron chi connectivity index (χ3n) is 7.52. The topological polar surface area (TPSA) is 71.5 Å². The molecule has 2 saturated heterocycles. The lowest BCUT2D eigenvalue weighted by atomic mass is 9.56. The summed E-state index contributed by atoms with van der Waals surface area (Å²) in [4.78, 5) is 29.4. The molecule has 2 aliphatic heterocycles. The van der Waals surface area contributed by atoms with E-state index >= 15 is 0 Å². The van der Waals surface area contributed by atoms with Gasteiger partial charge in [-0.05, 0) is 56.1 Å². The number of cyclic esters (lactones) is 1. The molecule has 0 aromatic carbocycles. The van der Waals surface area contributed by atoms with Crippen molar-refractivity contribution in [1.82, 2.24) is 15.2 Å². The highest BCUT2D eigenvalue weighted by Gasteiger charge is 2.54. The van der Waals surface area contributed by atoms with Crippen LogP contribution in [0.3, 0.4) is 0 Å². The number of ether oxygens (including phenoxy) is 1. The Morgan fingerprint density at radius 1 is 1.16 bits per heavy atom. The summed E-state index contributed by atoms with van der Waals surface area (Å²) in [6, 6.07) is 1.52. The van der Waals surface area contributed by atoms with Gasteiger partial charge in [-0.15, -0.1) is 0 Å². The van der Waals surface area contributed by atoms with Gasteiger partial charge in [-0.3, -0.25) is 4.79 Å². The number of nitrogens with one attached hydrogen (secondary N) is 1. The lowest BCUT2D eigenvalue weighted by Crippen LogP contribution is -2.59. The van der Waals surface area contributed by atoms with E-state index in [1.54, 1.807) is 0 Å². The Balaban J connectivity index is 1.15. The molecule has 1 aromatic rings. The molecule has 1 aromatic heterocycles. The molecule has 2 spiro atoms. The van der Waals surface area contributed by atoms with Gasteiger partial charge in [0, 0.05) is 24.9 Å². The van der Waals surface area contributed by atoms with E-state index in [2.05, 4.69) is 10.3 Å². The number of pyridine rings is 1. The number of hydrogen-bond donors (Lipinski definition) is 1. The molecule has 2 saturated carbocycles.